The van der Waals surface area contributed by atoms with Gasteiger partial charge in [-0.05, 0) is 13.8 Å². The Balaban J connectivity index is 2.38. The predicted molar refractivity (Wildman–Crippen MR) is 64.8 cm³/mol. The molecule has 0 unspecified atom stereocenters. The van der Waals surface area contributed by atoms with Crippen molar-refractivity contribution in [3.05, 3.63) is 16.3 Å². The number of hydrogen-bond acceptors (Lipinski definition) is 5. The zero-order chi connectivity index (χ0) is 12.4. The first-order chi connectivity index (χ1) is 8.15. The Morgan fingerprint density at radius 2 is 2.29 bits per heavy atom. The molecule has 92 valence electrons. The molecule has 1 aliphatic rings. The Hall–Kier alpha value is -1.20. The monoisotopic (exact) mass is 255 g/mol. The van der Waals surface area contributed by atoms with Crippen molar-refractivity contribution in [1.29, 1.82) is 0 Å². The fourth-order valence-corrected chi connectivity index (χ4v) is 2.07. The van der Waals surface area contributed by atoms with Crippen molar-refractivity contribution in [3.8, 4) is 0 Å². The molecule has 0 saturated carbocycles. The summed E-state index contributed by atoms with van der Waals surface area (Å²) in [5, 5.41) is 8.30. The second kappa shape index (κ2) is 4.98. The van der Waals surface area contributed by atoms with Crippen LogP contribution in [0.4, 0.5) is 5.82 Å². The van der Waals surface area contributed by atoms with Crippen molar-refractivity contribution < 1.29 is 9.53 Å². The largest absolute Gasteiger partial charge is 0.377 e. The standard InChI is InChI=1S/C11H14ClN3O2/c1-7-6-17-4-3-15(7)11-8(2)10(12)9(5-16)13-14-11/h5,7H,3-4,6H2,1-2H3/t7-/m1/s1. The van der Waals surface area contributed by atoms with Crippen LogP contribution in [0.15, 0.2) is 0 Å². The number of rotatable bonds is 2. The quantitative estimate of drug-likeness (QED) is 0.749. The van der Waals surface area contributed by atoms with Crippen LogP contribution in [0.2, 0.25) is 5.02 Å². The van der Waals surface area contributed by atoms with Gasteiger partial charge in [-0.3, -0.25) is 4.79 Å². The lowest BCUT2D eigenvalue weighted by atomic mass is 10.2. The third-order valence-electron chi connectivity index (χ3n) is 2.89. The van der Waals surface area contributed by atoms with Crippen LogP contribution >= 0.6 is 11.6 Å². The summed E-state index contributed by atoms with van der Waals surface area (Å²) < 4.78 is 5.37. The van der Waals surface area contributed by atoms with Gasteiger partial charge in [0.15, 0.2) is 12.1 Å². The highest BCUT2D eigenvalue weighted by molar-refractivity contribution is 6.33. The molecule has 5 nitrogen and oxygen atoms in total. The van der Waals surface area contributed by atoms with Gasteiger partial charge in [0.25, 0.3) is 0 Å². The van der Waals surface area contributed by atoms with Gasteiger partial charge in [0, 0.05) is 12.1 Å². The molecule has 1 saturated heterocycles. The van der Waals surface area contributed by atoms with Crippen molar-refractivity contribution in [3.63, 3.8) is 0 Å². The number of aromatic nitrogens is 2. The molecule has 0 spiro atoms. The molecule has 0 amide bonds. The molecule has 1 aromatic heterocycles. The van der Waals surface area contributed by atoms with Gasteiger partial charge in [-0.2, -0.15) is 0 Å². The molecule has 0 bridgehead atoms. The summed E-state index contributed by atoms with van der Waals surface area (Å²) in [6.07, 6.45) is 0.620. The Kier molecular flexibility index (Phi) is 3.59. The van der Waals surface area contributed by atoms with Crippen LogP contribution in [0.25, 0.3) is 0 Å². The van der Waals surface area contributed by atoms with Crippen molar-refractivity contribution >= 4 is 23.7 Å². The Morgan fingerprint density at radius 1 is 1.53 bits per heavy atom. The van der Waals surface area contributed by atoms with Gasteiger partial charge in [-0.1, -0.05) is 11.6 Å². The molecule has 1 atom stereocenters. The van der Waals surface area contributed by atoms with Crippen molar-refractivity contribution in [2.75, 3.05) is 24.7 Å². The number of carbonyl (C=O) groups is 1. The summed E-state index contributed by atoms with van der Waals surface area (Å²) in [6, 6.07) is 0.231. The second-order valence-electron chi connectivity index (χ2n) is 4.08. The third-order valence-corrected chi connectivity index (χ3v) is 3.37. The first-order valence-electron chi connectivity index (χ1n) is 5.47. The van der Waals surface area contributed by atoms with E-state index in [9.17, 15) is 4.79 Å². The number of ether oxygens (including phenoxy) is 1. The molecule has 1 aliphatic heterocycles. The highest BCUT2D eigenvalue weighted by atomic mass is 35.5. The average Bonchev–Trinajstić information content (AvgIpc) is 2.34. The molecule has 0 N–H and O–H groups in total. The summed E-state index contributed by atoms with van der Waals surface area (Å²) >= 11 is 6.07. The van der Waals surface area contributed by atoms with E-state index in [1.807, 2.05) is 6.92 Å². The Morgan fingerprint density at radius 3 is 2.94 bits per heavy atom. The summed E-state index contributed by atoms with van der Waals surface area (Å²) in [7, 11) is 0. The van der Waals surface area contributed by atoms with Crippen LogP contribution in [0.5, 0.6) is 0 Å². The van der Waals surface area contributed by atoms with E-state index in [2.05, 4.69) is 22.0 Å². The molecule has 2 heterocycles. The van der Waals surface area contributed by atoms with E-state index in [0.717, 1.165) is 17.9 Å². The molecule has 1 aromatic rings. The smallest absolute Gasteiger partial charge is 0.171 e. The van der Waals surface area contributed by atoms with E-state index in [4.69, 9.17) is 16.3 Å². The number of nitrogens with zero attached hydrogens (tertiary/aromatic N) is 3. The fraction of sp³-hybridized carbons (Fsp3) is 0.545. The summed E-state index contributed by atoms with van der Waals surface area (Å²) in [5.41, 5.74) is 0.978. The van der Waals surface area contributed by atoms with Crippen LogP contribution in [-0.4, -0.2) is 42.3 Å². The van der Waals surface area contributed by atoms with E-state index < -0.39 is 0 Å². The average molecular weight is 256 g/mol. The van der Waals surface area contributed by atoms with Crippen LogP contribution in [-0.2, 0) is 4.74 Å². The van der Waals surface area contributed by atoms with Crippen LogP contribution in [0, 0.1) is 6.92 Å². The van der Waals surface area contributed by atoms with Gasteiger partial charge < -0.3 is 9.64 Å². The predicted octanol–water partition coefficient (Wildman–Crippen LogP) is 1.48. The molecular formula is C11H14ClN3O2. The summed E-state index contributed by atoms with van der Waals surface area (Å²) in [6.45, 7) is 5.99. The van der Waals surface area contributed by atoms with E-state index in [-0.39, 0.29) is 11.7 Å². The third kappa shape index (κ3) is 2.25. The molecule has 6 heteroatoms. The van der Waals surface area contributed by atoms with Crippen molar-refractivity contribution in [2.45, 2.75) is 19.9 Å². The van der Waals surface area contributed by atoms with E-state index >= 15 is 0 Å². The zero-order valence-electron chi connectivity index (χ0n) is 9.81. The van der Waals surface area contributed by atoms with Crippen molar-refractivity contribution in [1.82, 2.24) is 10.2 Å². The molecular weight excluding hydrogens is 242 g/mol. The summed E-state index contributed by atoms with van der Waals surface area (Å²) in [5.74, 6) is 0.733. The van der Waals surface area contributed by atoms with Gasteiger partial charge >= 0.3 is 0 Å². The fourth-order valence-electron chi connectivity index (χ4n) is 1.90. The lowest BCUT2D eigenvalue weighted by molar-refractivity contribution is 0.0983. The number of aldehydes is 1. The van der Waals surface area contributed by atoms with Gasteiger partial charge in [-0.15, -0.1) is 10.2 Å². The molecule has 1 fully saturated rings. The minimum atomic E-state index is 0.189. The zero-order valence-corrected chi connectivity index (χ0v) is 10.6. The number of carbonyl (C=O) groups excluding carboxylic acids is 1. The molecule has 0 radical (unpaired) electrons. The molecule has 0 aliphatic carbocycles. The van der Waals surface area contributed by atoms with E-state index in [1.54, 1.807) is 0 Å². The molecule has 0 aromatic carbocycles. The highest BCUT2D eigenvalue weighted by Gasteiger charge is 2.23. The maximum absolute atomic E-state index is 10.7. The second-order valence-corrected chi connectivity index (χ2v) is 4.46. The van der Waals surface area contributed by atoms with Gasteiger partial charge in [0.05, 0.1) is 24.3 Å². The summed E-state index contributed by atoms with van der Waals surface area (Å²) in [4.78, 5) is 12.8. The van der Waals surface area contributed by atoms with Gasteiger partial charge in [-0.25, -0.2) is 0 Å². The number of hydrogen-bond donors (Lipinski definition) is 0. The highest BCUT2D eigenvalue weighted by Crippen LogP contribution is 2.27. The van der Waals surface area contributed by atoms with E-state index in [0.29, 0.717) is 24.5 Å². The first kappa shape index (κ1) is 12.3. The maximum Gasteiger partial charge on any atom is 0.171 e. The van der Waals surface area contributed by atoms with Crippen molar-refractivity contribution in [2.24, 2.45) is 0 Å². The minimum absolute atomic E-state index is 0.189. The SMILES string of the molecule is Cc1c(N2CCOC[C@H]2C)nnc(C=O)c1Cl. The normalized spacial score (nSPS) is 20.4. The van der Waals surface area contributed by atoms with Gasteiger partial charge in [0.2, 0.25) is 0 Å². The lowest BCUT2D eigenvalue weighted by Crippen LogP contribution is -2.44. The minimum Gasteiger partial charge on any atom is -0.377 e. The molecule has 17 heavy (non-hydrogen) atoms. The van der Waals surface area contributed by atoms with Gasteiger partial charge in [0.1, 0.15) is 5.69 Å². The lowest BCUT2D eigenvalue weighted by Gasteiger charge is -2.34. The van der Waals surface area contributed by atoms with Crippen LogP contribution in [0.1, 0.15) is 23.0 Å². The van der Waals surface area contributed by atoms with E-state index in [1.165, 1.54) is 0 Å². The Bertz CT molecular complexity index is 439. The molecule has 2 rings (SSSR count). The topological polar surface area (TPSA) is 55.3 Å². The maximum atomic E-state index is 10.7. The number of morpholine rings is 1. The van der Waals surface area contributed by atoms with Crippen LogP contribution < -0.4 is 4.90 Å². The van der Waals surface area contributed by atoms with Crippen LogP contribution in [0.3, 0.4) is 0 Å². The first-order valence-corrected chi connectivity index (χ1v) is 5.85. The Labute approximate surface area is 105 Å². The number of anilines is 1. The number of halogens is 1.